The SMILES string of the molecule is O=c1cc[nH]cc1-c1nnc(CCCl)s1. The van der Waals surface area contributed by atoms with Gasteiger partial charge in [-0.05, 0) is 0 Å². The van der Waals surface area contributed by atoms with Gasteiger partial charge >= 0.3 is 0 Å². The molecule has 6 heteroatoms. The van der Waals surface area contributed by atoms with Crippen molar-refractivity contribution < 1.29 is 0 Å². The highest BCUT2D eigenvalue weighted by molar-refractivity contribution is 7.14. The number of hydrogen-bond acceptors (Lipinski definition) is 4. The van der Waals surface area contributed by atoms with Crippen LogP contribution in [0.4, 0.5) is 0 Å². The Labute approximate surface area is 95.0 Å². The van der Waals surface area contributed by atoms with Crippen LogP contribution in [-0.4, -0.2) is 21.1 Å². The molecule has 0 aromatic carbocycles. The summed E-state index contributed by atoms with van der Waals surface area (Å²) in [6.45, 7) is 0. The molecule has 0 aliphatic rings. The zero-order valence-electron chi connectivity index (χ0n) is 7.74. The van der Waals surface area contributed by atoms with Crippen molar-refractivity contribution in [1.82, 2.24) is 15.2 Å². The maximum Gasteiger partial charge on any atom is 0.191 e. The van der Waals surface area contributed by atoms with Gasteiger partial charge in [0.05, 0.1) is 5.56 Å². The number of aromatic nitrogens is 3. The molecular weight excluding hydrogens is 234 g/mol. The van der Waals surface area contributed by atoms with Gasteiger partial charge in [-0.1, -0.05) is 11.3 Å². The van der Waals surface area contributed by atoms with Crippen LogP contribution in [0, 0.1) is 0 Å². The molecule has 0 amide bonds. The van der Waals surface area contributed by atoms with Gasteiger partial charge in [0.25, 0.3) is 0 Å². The normalized spacial score (nSPS) is 10.5. The van der Waals surface area contributed by atoms with Crippen molar-refractivity contribution in [3.8, 4) is 10.6 Å². The maximum atomic E-state index is 11.5. The Morgan fingerprint density at radius 2 is 2.33 bits per heavy atom. The summed E-state index contributed by atoms with van der Waals surface area (Å²) in [7, 11) is 0. The van der Waals surface area contributed by atoms with Crippen LogP contribution in [0.25, 0.3) is 10.6 Å². The first kappa shape index (κ1) is 10.3. The van der Waals surface area contributed by atoms with Crippen molar-refractivity contribution >= 4 is 22.9 Å². The summed E-state index contributed by atoms with van der Waals surface area (Å²) >= 11 is 6.99. The van der Waals surface area contributed by atoms with Gasteiger partial charge in [-0.15, -0.1) is 21.8 Å². The van der Waals surface area contributed by atoms with E-state index in [1.807, 2.05) is 0 Å². The number of nitrogens with one attached hydrogen (secondary N) is 1. The monoisotopic (exact) mass is 241 g/mol. The van der Waals surface area contributed by atoms with Crippen molar-refractivity contribution in [2.75, 3.05) is 5.88 Å². The first-order valence-corrected chi connectivity index (χ1v) is 5.72. The Bertz CT molecular complexity index is 508. The van der Waals surface area contributed by atoms with Crippen LogP contribution >= 0.6 is 22.9 Å². The summed E-state index contributed by atoms with van der Waals surface area (Å²) in [5.41, 5.74) is 0.498. The van der Waals surface area contributed by atoms with Crippen LogP contribution in [0.3, 0.4) is 0 Å². The van der Waals surface area contributed by atoms with E-state index < -0.39 is 0 Å². The van der Waals surface area contributed by atoms with Gasteiger partial charge in [-0.2, -0.15) is 0 Å². The predicted molar refractivity (Wildman–Crippen MR) is 60.4 cm³/mol. The molecule has 0 aliphatic carbocycles. The number of aromatic amines is 1. The smallest absolute Gasteiger partial charge is 0.191 e. The fourth-order valence-electron chi connectivity index (χ4n) is 1.13. The number of aryl methyl sites for hydroxylation is 1. The van der Waals surface area contributed by atoms with Gasteiger partial charge in [0.2, 0.25) is 0 Å². The first-order valence-electron chi connectivity index (χ1n) is 4.37. The van der Waals surface area contributed by atoms with E-state index in [2.05, 4.69) is 15.2 Å². The number of pyridine rings is 1. The molecule has 2 rings (SSSR count). The van der Waals surface area contributed by atoms with Crippen LogP contribution in [-0.2, 0) is 6.42 Å². The van der Waals surface area contributed by atoms with Gasteiger partial charge in [0.1, 0.15) is 5.01 Å². The van der Waals surface area contributed by atoms with Crippen molar-refractivity contribution in [1.29, 1.82) is 0 Å². The highest BCUT2D eigenvalue weighted by Gasteiger charge is 2.08. The summed E-state index contributed by atoms with van der Waals surface area (Å²) in [6.07, 6.45) is 3.91. The van der Waals surface area contributed by atoms with Crippen molar-refractivity contribution in [3.05, 3.63) is 33.7 Å². The number of alkyl halides is 1. The lowest BCUT2D eigenvalue weighted by atomic mass is 10.3. The molecule has 0 atom stereocenters. The molecule has 0 saturated carbocycles. The fourth-order valence-corrected chi connectivity index (χ4v) is 2.28. The molecule has 0 aliphatic heterocycles. The number of nitrogens with zero attached hydrogens (tertiary/aromatic N) is 2. The minimum Gasteiger partial charge on any atom is -0.367 e. The second-order valence-corrected chi connectivity index (χ2v) is 4.30. The average Bonchev–Trinajstić information content (AvgIpc) is 2.68. The third kappa shape index (κ3) is 2.24. The largest absolute Gasteiger partial charge is 0.367 e. The van der Waals surface area contributed by atoms with E-state index in [1.165, 1.54) is 17.4 Å². The Balaban J connectivity index is 2.38. The van der Waals surface area contributed by atoms with Crippen molar-refractivity contribution in [2.45, 2.75) is 6.42 Å². The number of halogens is 1. The minimum atomic E-state index is -0.0534. The lowest BCUT2D eigenvalue weighted by molar-refractivity contribution is 0.989. The van der Waals surface area contributed by atoms with Gasteiger partial charge in [0.15, 0.2) is 10.4 Å². The average molecular weight is 242 g/mol. The molecular formula is C9H8ClN3OS. The van der Waals surface area contributed by atoms with E-state index in [-0.39, 0.29) is 5.43 Å². The van der Waals surface area contributed by atoms with E-state index in [1.54, 1.807) is 12.4 Å². The zero-order valence-corrected chi connectivity index (χ0v) is 9.31. The summed E-state index contributed by atoms with van der Waals surface area (Å²) in [5, 5.41) is 9.40. The molecule has 0 unspecified atom stereocenters. The zero-order chi connectivity index (χ0) is 10.7. The molecule has 0 saturated heterocycles. The number of hydrogen-bond donors (Lipinski definition) is 1. The lowest BCUT2D eigenvalue weighted by Crippen LogP contribution is -2.01. The Morgan fingerprint density at radius 1 is 1.47 bits per heavy atom. The van der Waals surface area contributed by atoms with Gasteiger partial charge in [0, 0.05) is 30.8 Å². The molecule has 0 spiro atoms. The molecule has 0 radical (unpaired) electrons. The summed E-state index contributed by atoms with van der Waals surface area (Å²) in [4.78, 5) is 14.3. The molecule has 78 valence electrons. The Morgan fingerprint density at radius 3 is 3.07 bits per heavy atom. The highest BCUT2D eigenvalue weighted by Crippen LogP contribution is 2.19. The highest BCUT2D eigenvalue weighted by atomic mass is 35.5. The van der Waals surface area contributed by atoms with Crippen LogP contribution in [0.15, 0.2) is 23.3 Å². The Kier molecular flexibility index (Phi) is 3.13. The van der Waals surface area contributed by atoms with Gasteiger partial charge < -0.3 is 4.98 Å². The molecule has 1 N–H and O–H groups in total. The van der Waals surface area contributed by atoms with Crippen molar-refractivity contribution in [2.24, 2.45) is 0 Å². The van der Waals surface area contributed by atoms with E-state index in [0.717, 1.165) is 5.01 Å². The molecule has 4 nitrogen and oxygen atoms in total. The standard InChI is InChI=1S/C9H8ClN3OS/c10-3-1-8-12-13-9(15-8)6-5-11-4-2-7(6)14/h2,4-5H,1,3H2,(H,11,14). The second kappa shape index (κ2) is 4.55. The third-order valence-electron chi connectivity index (χ3n) is 1.83. The molecule has 2 heterocycles. The van der Waals surface area contributed by atoms with Gasteiger partial charge in [-0.3, -0.25) is 4.79 Å². The molecule has 15 heavy (non-hydrogen) atoms. The van der Waals surface area contributed by atoms with Crippen LogP contribution in [0.5, 0.6) is 0 Å². The lowest BCUT2D eigenvalue weighted by Gasteiger charge is -1.91. The maximum absolute atomic E-state index is 11.5. The molecule has 2 aromatic rings. The van der Waals surface area contributed by atoms with E-state index in [4.69, 9.17) is 11.6 Å². The first-order chi connectivity index (χ1) is 7.31. The van der Waals surface area contributed by atoms with E-state index >= 15 is 0 Å². The molecule has 2 aromatic heterocycles. The fraction of sp³-hybridized carbons (Fsp3) is 0.222. The Hall–Kier alpha value is -1.20. The summed E-state index contributed by atoms with van der Waals surface area (Å²) in [6, 6.07) is 1.47. The van der Waals surface area contributed by atoms with Crippen molar-refractivity contribution in [3.63, 3.8) is 0 Å². The third-order valence-corrected chi connectivity index (χ3v) is 3.03. The quantitative estimate of drug-likeness (QED) is 0.832. The van der Waals surface area contributed by atoms with Crippen LogP contribution in [0.2, 0.25) is 0 Å². The second-order valence-electron chi connectivity index (χ2n) is 2.86. The topological polar surface area (TPSA) is 58.6 Å². The minimum absolute atomic E-state index is 0.0534. The van der Waals surface area contributed by atoms with Crippen LogP contribution in [0.1, 0.15) is 5.01 Å². The molecule has 0 fully saturated rings. The predicted octanol–water partition coefficient (Wildman–Crippen LogP) is 1.67. The summed E-state index contributed by atoms with van der Waals surface area (Å²) < 4.78 is 0. The number of rotatable bonds is 3. The van der Waals surface area contributed by atoms with Gasteiger partial charge in [-0.25, -0.2) is 0 Å². The molecule has 0 bridgehead atoms. The summed E-state index contributed by atoms with van der Waals surface area (Å²) in [5.74, 6) is 0.514. The number of H-pyrrole nitrogens is 1. The van der Waals surface area contributed by atoms with E-state index in [0.29, 0.717) is 22.9 Å². The van der Waals surface area contributed by atoms with E-state index in [9.17, 15) is 4.79 Å². The van der Waals surface area contributed by atoms with Crippen LogP contribution < -0.4 is 5.43 Å².